The van der Waals surface area contributed by atoms with Crippen LogP contribution < -0.4 is 0 Å². The van der Waals surface area contributed by atoms with Gasteiger partial charge in [-0.3, -0.25) is 15.0 Å². The van der Waals surface area contributed by atoms with Crippen LogP contribution in [0.4, 0.5) is 0 Å². The van der Waals surface area contributed by atoms with E-state index in [2.05, 4.69) is 15.9 Å². The van der Waals surface area contributed by atoms with Gasteiger partial charge in [-0.15, -0.1) is 0 Å². The van der Waals surface area contributed by atoms with E-state index < -0.39 is 5.79 Å². The van der Waals surface area contributed by atoms with Gasteiger partial charge in [-0.05, 0) is 12.2 Å². The second kappa shape index (κ2) is 6.13. The molecule has 114 valence electrons. The summed E-state index contributed by atoms with van der Waals surface area (Å²) >= 11 is 0. The van der Waals surface area contributed by atoms with Gasteiger partial charge in [-0.1, -0.05) is 0 Å². The van der Waals surface area contributed by atoms with Crippen LogP contribution in [0.25, 0.3) is 0 Å². The molecule has 7 nitrogen and oxygen atoms in total. The van der Waals surface area contributed by atoms with E-state index >= 15 is 0 Å². The smallest absolute Gasteiger partial charge is 0.195 e. The molecule has 3 aliphatic heterocycles. The van der Waals surface area contributed by atoms with Gasteiger partial charge >= 0.3 is 0 Å². The third-order valence-electron chi connectivity index (χ3n) is 4.17. The Morgan fingerprint density at radius 3 is 2.00 bits per heavy atom. The van der Waals surface area contributed by atoms with Crippen molar-refractivity contribution in [1.82, 2.24) is 14.9 Å². The van der Waals surface area contributed by atoms with Crippen molar-refractivity contribution in [2.24, 2.45) is 0 Å². The van der Waals surface area contributed by atoms with Crippen LogP contribution >= 0.6 is 0 Å². The first kappa shape index (κ1) is 14.5. The van der Waals surface area contributed by atoms with Gasteiger partial charge in [0.05, 0.1) is 32.0 Å². The van der Waals surface area contributed by atoms with Crippen molar-refractivity contribution in [1.29, 1.82) is 5.26 Å². The number of rotatable bonds is 2. The Morgan fingerprint density at radius 2 is 1.57 bits per heavy atom. The van der Waals surface area contributed by atoms with E-state index in [0.717, 1.165) is 31.2 Å². The summed E-state index contributed by atoms with van der Waals surface area (Å²) < 4.78 is 10.8. The van der Waals surface area contributed by atoms with Crippen LogP contribution in [0.1, 0.15) is 0 Å². The Bertz CT molecular complexity index is 455. The molecular formula is C14H20N4O3. The number of nitriles is 1. The minimum Gasteiger partial charge on any atom is -0.379 e. The summed E-state index contributed by atoms with van der Waals surface area (Å²) in [6.07, 6.45) is 5.17. The van der Waals surface area contributed by atoms with Crippen molar-refractivity contribution in [3.63, 3.8) is 0 Å². The third-order valence-corrected chi connectivity index (χ3v) is 4.17. The second-order valence-electron chi connectivity index (χ2n) is 5.26. The first-order valence-electron chi connectivity index (χ1n) is 7.22. The molecule has 0 aliphatic carbocycles. The van der Waals surface area contributed by atoms with Gasteiger partial charge in [-0.25, -0.2) is 5.06 Å². The molecule has 0 spiro atoms. The Balaban J connectivity index is 1.93. The minimum absolute atomic E-state index is 0.439. The highest BCUT2D eigenvalue weighted by atomic mass is 16.5. The highest BCUT2D eigenvalue weighted by molar-refractivity contribution is 5.37. The quantitative estimate of drug-likeness (QED) is 0.766. The van der Waals surface area contributed by atoms with Crippen LogP contribution in [0, 0.1) is 11.3 Å². The largest absolute Gasteiger partial charge is 0.379 e. The minimum atomic E-state index is -0.756. The molecule has 2 fully saturated rings. The first-order chi connectivity index (χ1) is 10.3. The van der Waals surface area contributed by atoms with Gasteiger partial charge in [-0.2, -0.15) is 5.26 Å². The number of morpholine rings is 2. The molecule has 0 amide bonds. The number of hydrogen-bond acceptors (Lipinski definition) is 7. The van der Waals surface area contributed by atoms with Crippen molar-refractivity contribution < 1.29 is 14.7 Å². The fourth-order valence-electron chi connectivity index (χ4n) is 3.10. The maximum atomic E-state index is 10.6. The average Bonchev–Trinajstić information content (AvgIpc) is 2.56. The van der Waals surface area contributed by atoms with Crippen molar-refractivity contribution >= 4 is 0 Å². The second-order valence-corrected chi connectivity index (χ2v) is 5.26. The highest BCUT2D eigenvalue weighted by Gasteiger charge is 2.47. The average molecular weight is 292 g/mol. The third kappa shape index (κ3) is 2.57. The molecule has 0 bridgehead atoms. The standard InChI is InChI=1S/C14H20N4O3/c15-11-13-1-2-14(18(19)12-13,16-3-7-20-8-4-16)17-5-9-21-10-6-17/h1-2,12,19H,3-10H2. The predicted octanol–water partition coefficient (Wildman–Crippen LogP) is -0.0269. The van der Waals surface area contributed by atoms with Crippen LogP contribution in [0.5, 0.6) is 0 Å². The summed E-state index contributed by atoms with van der Waals surface area (Å²) in [5.74, 6) is -0.756. The topological polar surface area (TPSA) is 72.2 Å². The molecule has 1 N–H and O–H groups in total. The van der Waals surface area contributed by atoms with E-state index in [1.165, 1.54) is 6.20 Å². The van der Waals surface area contributed by atoms with E-state index in [1.54, 1.807) is 6.08 Å². The molecule has 7 heteroatoms. The van der Waals surface area contributed by atoms with E-state index in [4.69, 9.17) is 14.7 Å². The van der Waals surface area contributed by atoms with E-state index in [-0.39, 0.29) is 0 Å². The number of hydrogen-bond donors (Lipinski definition) is 1. The molecule has 3 aliphatic rings. The van der Waals surface area contributed by atoms with Gasteiger partial charge in [0, 0.05) is 32.4 Å². The lowest BCUT2D eigenvalue weighted by Gasteiger charge is -2.54. The normalized spacial score (nSPS) is 27.2. The molecule has 0 atom stereocenters. The van der Waals surface area contributed by atoms with E-state index in [9.17, 15) is 5.21 Å². The van der Waals surface area contributed by atoms with Crippen LogP contribution in [0.3, 0.4) is 0 Å². The fraction of sp³-hybridized carbons (Fsp3) is 0.643. The number of allylic oxidation sites excluding steroid dienone is 2. The molecule has 21 heavy (non-hydrogen) atoms. The van der Waals surface area contributed by atoms with Crippen LogP contribution in [0.2, 0.25) is 0 Å². The lowest BCUT2D eigenvalue weighted by Crippen LogP contribution is -2.70. The zero-order valence-electron chi connectivity index (χ0n) is 11.9. The molecule has 0 aromatic rings. The highest BCUT2D eigenvalue weighted by Crippen LogP contribution is 2.31. The summed E-state index contributed by atoms with van der Waals surface area (Å²) in [6.45, 7) is 5.49. The van der Waals surface area contributed by atoms with Gasteiger partial charge in [0.25, 0.3) is 0 Å². The van der Waals surface area contributed by atoms with Crippen LogP contribution in [-0.4, -0.2) is 78.5 Å². The predicted molar refractivity (Wildman–Crippen MR) is 74.0 cm³/mol. The number of hydroxylamine groups is 2. The lowest BCUT2D eigenvalue weighted by molar-refractivity contribution is -0.259. The number of nitrogens with zero attached hydrogens (tertiary/aromatic N) is 4. The van der Waals surface area contributed by atoms with Gasteiger partial charge in [0.1, 0.15) is 6.07 Å². The summed E-state index contributed by atoms with van der Waals surface area (Å²) in [7, 11) is 0. The van der Waals surface area contributed by atoms with Crippen molar-refractivity contribution in [3.8, 4) is 6.07 Å². The zero-order valence-corrected chi connectivity index (χ0v) is 11.9. The monoisotopic (exact) mass is 292 g/mol. The Labute approximate surface area is 124 Å². The molecular weight excluding hydrogens is 272 g/mol. The molecule has 0 unspecified atom stereocenters. The molecule has 0 saturated carbocycles. The molecule has 3 rings (SSSR count). The van der Waals surface area contributed by atoms with Crippen molar-refractivity contribution in [2.45, 2.75) is 5.79 Å². The van der Waals surface area contributed by atoms with E-state index in [0.29, 0.717) is 32.0 Å². The number of ether oxygens (including phenoxy) is 2. The zero-order chi connectivity index (χ0) is 14.7. The molecule has 2 saturated heterocycles. The summed E-state index contributed by atoms with van der Waals surface area (Å²) in [5.41, 5.74) is 0.439. The summed E-state index contributed by atoms with van der Waals surface area (Å²) in [5, 5.41) is 20.8. The lowest BCUT2D eigenvalue weighted by atomic mass is 10.1. The van der Waals surface area contributed by atoms with E-state index in [1.807, 2.05) is 6.08 Å². The SMILES string of the molecule is N#CC1=CN(O)C(N2CCOCC2)(N2CCOCC2)C=C1. The first-order valence-corrected chi connectivity index (χ1v) is 7.22. The van der Waals surface area contributed by atoms with Gasteiger partial charge < -0.3 is 9.47 Å². The van der Waals surface area contributed by atoms with Gasteiger partial charge in [0.2, 0.25) is 0 Å². The van der Waals surface area contributed by atoms with Crippen LogP contribution in [0.15, 0.2) is 23.9 Å². The Hall–Kier alpha value is -1.43. The summed E-state index contributed by atoms with van der Waals surface area (Å²) in [4.78, 5) is 4.37. The van der Waals surface area contributed by atoms with Gasteiger partial charge in [0.15, 0.2) is 5.79 Å². The summed E-state index contributed by atoms with van der Waals surface area (Å²) in [6, 6.07) is 2.06. The Morgan fingerprint density at radius 1 is 1.05 bits per heavy atom. The molecule has 3 heterocycles. The van der Waals surface area contributed by atoms with Crippen molar-refractivity contribution in [3.05, 3.63) is 23.9 Å². The maximum absolute atomic E-state index is 10.6. The molecule has 0 aromatic carbocycles. The maximum Gasteiger partial charge on any atom is 0.195 e. The molecule has 0 radical (unpaired) electrons. The van der Waals surface area contributed by atoms with Crippen molar-refractivity contribution in [2.75, 3.05) is 52.6 Å². The molecule has 0 aromatic heterocycles. The van der Waals surface area contributed by atoms with Crippen LogP contribution in [-0.2, 0) is 9.47 Å². The fourth-order valence-corrected chi connectivity index (χ4v) is 3.10. The Kier molecular flexibility index (Phi) is 4.24.